The summed E-state index contributed by atoms with van der Waals surface area (Å²) in [5, 5.41) is 2.30. The van der Waals surface area contributed by atoms with Gasteiger partial charge in [-0.2, -0.15) is 0 Å². The zero-order chi connectivity index (χ0) is 27.0. The van der Waals surface area contributed by atoms with Crippen molar-refractivity contribution >= 4 is 21.8 Å². The van der Waals surface area contributed by atoms with E-state index in [1.54, 1.807) is 19.2 Å². The smallest absolute Gasteiger partial charge is 0.407 e. The number of imidazole rings is 1. The van der Waals surface area contributed by atoms with Crippen LogP contribution in [0.15, 0.2) is 24.4 Å². The highest BCUT2D eigenvalue weighted by Gasteiger charge is 2.36. The largest absolute Gasteiger partial charge is 0.453 e. The number of aryl methyl sites for hydroxylation is 1. The van der Waals surface area contributed by atoms with Crippen LogP contribution in [0.5, 0.6) is 0 Å². The number of carbonyl (C=O) groups excluding carboxylic acids is 1. The highest BCUT2D eigenvalue weighted by Crippen LogP contribution is 2.43. The molecule has 0 spiro atoms. The van der Waals surface area contributed by atoms with Crippen LogP contribution in [0.2, 0.25) is 0 Å². The van der Waals surface area contributed by atoms with Gasteiger partial charge in [0, 0.05) is 30.1 Å². The number of methoxy groups -OCH3 is 1. The summed E-state index contributed by atoms with van der Waals surface area (Å²) in [6.07, 6.45) is 5.54. The van der Waals surface area contributed by atoms with Crippen LogP contribution in [0.3, 0.4) is 0 Å². The lowest BCUT2D eigenvalue weighted by Gasteiger charge is -2.14. The van der Waals surface area contributed by atoms with Crippen molar-refractivity contribution in [3.63, 3.8) is 0 Å². The molecule has 2 saturated carbocycles. The number of nitrogens with zero attached hydrogens (tertiary/aromatic N) is 3. The number of sulfonamides is 1. The lowest BCUT2D eigenvalue weighted by molar-refractivity contribution is 0.167. The number of ether oxygens (including phenoxy) is 1. The van der Waals surface area contributed by atoms with E-state index in [4.69, 9.17) is 9.97 Å². The Hall–Kier alpha value is -3.54. The van der Waals surface area contributed by atoms with Crippen LogP contribution in [0.4, 0.5) is 14.9 Å². The normalized spacial score (nSPS) is 16.2. The van der Waals surface area contributed by atoms with E-state index in [0.717, 1.165) is 18.7 Å². The predicted molar refractivity (Wildman–Crippen MR) is 141 cm³/mol. The number of aromatic amines is 1. The van der Waals surface area contributed by atoms with Gasteiger partial charge < -0.3 is 15.0 Å². The molecule has 1 atom stereocenters. The molecule has 1 aromatic carbocycles. The minimum Gasteiger partial charge on any atom is -0.453 e. The molecular formula is C26H31FN6O4S. The van der Waals surface area contributed by atoms with Gasteiger partial charge in [-0.05, 0) is 69.7 Å². The van der Waals surface area contributed by atoms with E-state index < -0.39 is 27.2 Å². The maximum Gasteiger partial charge on any atom is 0.407 e. The fraction of sp³-hybridized carbons (Fsp3) is 0.462. The van der Waals surface area contributed by atoms with Crippen LogP contribution < -0.4 is 10.0 Å². The fourth-order valence-electron chi connectivity index (χ4n) is 4.30. The topological polar surface area (TPSA) is 139 Å². The summed E-state index contributed by atoms with van der Waals surface area (Å²) in [6, 6.07) is 4.22. The molecule has 10 nitrogen and oxygen atoms in total. The number of carbonyl (C=O) groups is 1. The summed E-state index contributed by atoms with van der Waals surface area (Å²) in [5.41, 5.74) is 3.03. The lowest BCUT2D eigenvalue weighted by Crippen LogP contribution is -2.32. The van der Waals surface area contributed by atoms with Crippen LogP contribution in [-0.2, 0) is 21.2 Å². The molecule has 0 saturated heterocycles. The Labute approximate surface area is 220 Å². The highest BCUT2D eigenvalue weighted by molar-refractivity contribution is 7.93. The van der Waals surface area contributed by atoms with E-state index in [1.165, 1.54) is 19.2 Å². The van der Waals surface area contributed by atoms with Crippen LogP contribution in [0, 0.1) is 12.7 Å². The minimum atomic E-state index is -3.57. The molecule has 3 N–H and O–H groups in total. The molecule has 38 heavy (non-hydrogen) atoms. The summed E-state index contributed by atoms with van der Waals surface area (Å²) < 4.78 is 47.2. The zero-order valence-corrected chi connectivity index (χ0v) is 22.4. The number of halogens is 1. The van der Waals surface area contributed by atoms with E-state index in [-0.39, 0.29) is 11.7 Å². The van der Waals surface area contributed by atoms with Crippen molar-refractivity contribution < 1.29 is 22.3 Å². The van der Waals surface area contributed by atoms with Crippen molar-refractivity contribution in [1.29, 1.82) is 0 Å². The molecule has 2 aliphatic rings. The number of aromatic nitrogens is 4. The third kappa shape index (κ3) is 5.79. The molecule has 12 heteroatoms. The van der Waals surface area contributed by atoms with Crippen molar-refractivity contribution in [2.75, 3.05) is 11.8 Å². The first-order chi connectivity index (χ1) is 18.1. The SMILES string of the molecule is COC(=O)N[C@@H](C)CCc1nccc(-c2[nH]c(C3CC3)nc2-c2cc(F)cc(NS(=O)(=O)C3CC3)c2C)n1. The molecule has 2 fully saturated rings. The first-order valence-electron chi connectivity index (χ1n) is 12.7. The van der Waals surface area contributed by atoms with Gasteiger partial charge in [0.05, 0.1) is 35.1 Å². The van der Waals surface area contributed by atoms with Gasteiger partial charge in [0.2, 0.25) is 10.0 Å². The molecule has 0 radical (unpaired) electrons. The van der Waals surface area contributed by atoms with E-state index in [0.29, 0.717) is 65.6 Å². The molecule has 0 aliphatic heterocycles. The Morgan fingerprint density at radius 2 is 2.00 bits per heavy atom. The average molecular weight is 543 g/mol. The summed E-state index contributed by atoms with van der Waals surface area (Å²) >= 11 is 0. The van der Waals surface area contributed by atoms with Gasteiger partial charge in [-0.1, -0.05) is 0 Å². The van der Waals surface area contributed by atoms with E-state index in [1.807, 2.05) is 6.92 Å². The first kappa shape index (κ1) is 26.1. The van der Waals surface area contributed by atoms with Crippen LogP contribution in [0.25, 0.3) is 22.6 Å². The van der Waals surface area contributed by atoms with Crippen molar-refractivity contribution in [2.24, 2.45) is 0 Å². The maximum absolute atomic E-state index is 14.8. The Bertz CT molecular complexity index is 1470. The molecule has 0 bridgehead atoms. The van der Waals surface area contributed by atoms with Crippen molar-refractivity contribution in [2.45, 2.75) is 69.6 Å². The number of anilines is 1. The fourth-order valence-corrected chi connectivity index (χ4v) is 5.75. The van der Waals surface area contributed by atoms with Crippen LogP contribution in [-0.4, -0.2) is 52.8 Å². The number of benzene rings is 1. The Morgan fingerprint density at radius 1 is 1.24 bits per heavy atom. The quantitative estimate of drug-likeness (QED) is 0.344. The second kappa shape index (κ2) is 10.3. The highest BCUT2D eigenvalue weighted by atomic mass is 32.2. The minimum absolute atomic E-state index is 0.133. The number of hydrogen-bond acceptors (Lipinski definition) is 7. The molecule has 202 valence electrons. The molecule has 1 amide bonds. The summed E-state index contributed by atoms with van der Waals surface area (Å²) in [7, 11) is -2.25. The number of hydrogen-bond donors (Lipinski definition) is 3. The monoisotopic (exact) mass is 542 g/mol. The van der Waals surface area contributed by atoms with Crippen molar-refractivity contribution in [3.05, 3.63) is 47.4 Å². The van der Waals surface area contributed by atoms with Gasteiger partial charge in [-0.3, -0.25) is 4.72 Å². The van der Waals surface area contributed by atoms with Gasteiger partial charge in [-0.15, -0.1) is 0 Å². The van der Waals surface area contributed by atoms with Crippen molar-refractivity contribution in [1.82, 2.24) is 25.3 Å². The third-order valence-electron chi connectivity index (χ3n) is 6.84. The van der Waals surface area contributed by atoms with Gasteiger partial charge in [0.25, 0.3) is 0 Å². The first-order valence-corrected chi connectivity index (χ1v) is 14.3. The predicted octanol–water partition coefficient (Wildman–Crippen LogP) is 4.44. The third-order valence-corrected chi connectivity index (χ3v) is 8.69. The standard InChI is InChI=1S/C26H31FN6O4S/c1-14(29-26(34)37-3)4-9-22-28-11-10-20(30-22)24-23(31-25(32-24)16-5-6-16)19-12-17(27)13-21(15(19)2)33-38(35,36)18-7-8-18/h10-14,16,18,33H,4-9H2,1-3H3,(H,29,34)(H,31,32)/t14-/m0/s1. The molecule has 2 aliphatic carbocycles. The maximum atomic E-state index is 14.8. The molecule has 2 aromatic heterocycles. The van der Waals surface area contributed by atoms with Gasteiger partial charge in [0.15, 0.2) is 0 Å². The van der Waals surface area contributed by atoms with Gasteiger partial charge in [0.1, 0.15) is 17.5 Å². The summed E-state index contributed by atoms with van der Waals surface area (Å²) in [6.45, 7) is 3.63. The lowest BCUT2D eigenvalue weighted by atomic mass is 10.0. The molecule has 2 heterocycles. The van der Waals surface area contributed by atoms with E-state index >= 15 is 0 Å². The Balaban J connectivity index is 1.48. The molecule has 5 rings (SSSR count). The zero-order valence-electron chi connectivity index (χ0n) is 21.5. The second-order valence-corrected chi connectivity index (χ2v) is 12.0. The van der Waals surface area contributed by atoms with Crippen LogP contribution in [0.1, 0.15) is 62.2 Å². The van der Waals surface area contributed by atoms with E-state index in [2.05, 4.69) is 24.7 Å². The van der Waals surface area contributed by atoms with Crippen molar-refractivity contribution in [3.8, 4) is 22.6 Å². The number of rotatable bonds is 10. The second-order valence-electron chi connectivity index (χ2n) is 10.0. The molecule has 0 unspecified atom stereocenters. The van der Waals surface area contributed by atoms with Gasteiger partial charge in [-0.25, -0.2) is 32.6 Å². The number of amides is 1. The van der Waals surface area contributed by atoms with E-state index in [9.17, 15) is 17.6 Å². The van der Waals surface area contributed by atoms with Gasteiger partial charge >= 0.3 is 6.09 Å². The molecular weight excluding hydrogens is 511 g/mol. The molecule has 3 aromatic rings. The summed E-state index contributed by atoms with van der Waals surface area (Å²) in [5.74, 6) is 1.13. The number of alkyl carbamates (subject to hydrolysis) is 1. The average Bonchev–Trinajstić information content (AvgIpc) is 3.82. The Kier molecular flexibility index (Phi) is 7.08. The Morgan fingerprint density at radius 3 is 2.68 bits per heavy atom. The number of nitrogens with one attached hydrogen (secondary N) is 3. The van der Waals surface area contributed by atoms with Crippen LogP contribution >= 0.6 is 0 Å². The summed E-state index contributed by atoms with van der Waals surface area (Å²) in [4.78, 5) is 28.8. The number of H-pyrrole nitrogens is 1.